The van der Waals surface area contributed by atoms with Crippen LogP contribution in [0.15, 0.2) is 84.9 Å². The van der Waals surface area contributed by atoms with Gasteiger partial charge in [-0.25, -0.2) is 4.39 Å². The van der Waals surface area contributed by atoms with Gasteiger partial charge in [0.25, 0.3) is 5.91 Å². The van der Waals surface area contributed by atoms with Gasteiger partial charge in [0.15, 0.2) is 5.78 Å². The van der Waals surface area contributed by atoms with Crippen molar-refractivity contribution >= 4 is 46.5 Å². The zero-order valence-corrected chi connectivity index (χ0v) is 21.9. The normalized spacial score (nSPS) is 10.6. The summed E-state index contributed by atoms with van der Waals surface area (Å²) < 4.78 is 19.2. The lowest BCUT2D eigenvalue weighted by Crippen LogP contribution is -2.11. The number of aryl methyl sites for hydroxylation is 1. The quantitative estimate of drug-likeness (QED) is 0.193. The smallest absolute Gasteiger partial charge is 0.307 e. The van der Waals surface area contributed by atoms with Crippen molar-refractivity contribution in [2.75, 3.05) is 5.32 Å². The summed E-state index contributed by atoms with van der Waals surface area (Å²) in [4.78, 5) is 36.3. The SMILES string of the molecule is O=C(O)Cc1ccc(Oc2ccc(NC(=O)c3ccc(Cl)c(Cl)c3)cc2)c(CCC(=O)c2ccc(F)cc2)c1. The van der Waals surface area contributed by atoms with Crippen LogP contribution >= 0.6 is 23.2 Å². The van der Waals surface area contributed by atoms with Gasteiger partial charge in [-0.2, -0.15) is 0 Å². The molecule has 0 aliphatic heterocycles. The maximum atomic E-state index is 13.2. The van der Waals surface area contributed by atoms with Gasteiger partial charge in [0.1, 0.15) is 17.3 Å². The van der Waals surface area contributed by atoms with Crippen molar-refractivity contribution < 1.29 is 28.6 Å². The minimum atomic E-state index is -0.976. The van der Waals surface area contributed by atoms with Crippen LogP contribution in [0, 0.1) is 5.82 Å². The van der Waals surface area contributed by atoms with E-state index in [1.807, 2.05) is 0 Å². The fraction of sp³-hybridized carbons (Fsp3) is 0.100. The predicted octanol–water partition coefficient (Wildman–Crippen LogP) is 7.62. The third-order valence-electron chi connectivity index (χ3n) is 5.79. The van der Waals surface area contributed by atoms with Crippen molar-refractivity contribution in [3.8, 4) is 11.5 Å². The molecule has 4 rings (SSSR count). The molecular weight excluding hydrogens is 544 g/mol. The molecule has 0 atom stereocenters. The van der Waals surface area contributed by atoms with E-state index in [-0.39, 0.29) is 36.0 Å². The Balaban J connectivity index is 1.47. The second-order valence-electron chi connectivity index (χ2n) is 8.65. The van der Waals surface area contributed by atoms with Crippen molar-refractivity contribution in [2.24, 2.45) is 0 Å². The Morgan fingerprint density at radius 2 is 1.51 bits per heavy atom. The molecule has 9 heteroatoms. The summed E-state index contributed by atoms with van der Waals surface area (Å²) >= 11 is 11.9. The van der Waals surface area contributed by atoms with Crippen molar-refractivity contribution in [1.29, 1.82) is 0 Å². The lowest BCUT2D eigenvalue weighted by atomic mass is 9.99. The number of anilines is 1. The van der Waals surface area contributed by atoms with E-state index in [9.17, 15) is 23.9 Å². The van der Waals surface area contributed by atoms with Gasteiger partial charge in [-0.05, 0) is 90.3 Å². The van der Waals surface area contributed by atoms with Crippen LogP contribution in [0.3, 0.4) is 0 Å². The standard InChI is InChI=1S/C30H22Cl2FNO5/c31-25-12-4-21(17-26(25)32)30(38)34-23-8-10-24(11-9-23)39-28-14-1-18(16-29(36)37)15-20(28)5-13-27(35)19-2-6-22(33)7-3-19/h1-4,6-12,14-15,17H,5,13,16H2,(H,34,38)(H,36,37). The number of carboxylic acid groups (broad SMARTS) is 1. The number of hydrogen-bond donors (Lipinski definition) is 2. The monoisotopic (exact) mass is 565 g/mol. The number of aliphatic carboxylic acids is 1. The molecule has 0 bridgehead atoms. The largest absolute Gasteiger partial charge is 0.481 e. The third-order valence-corrected chi connectivity index (χ3v) is 6.53. The number of ether oxygens (including phenoxy) is 1. The molecule has 0 aliphatic rings. The number of carbonyl (C=O) groups is 3. The van der Waals surface area contributed by atoms with E-state index in [0.29, 0.717) is 44.5 Å². The number of hydrogen-bond acceptors (Lipinski definition) is 4. The van der Waals surface area contributed by atoms with Crippen molar-refractivity contribution in [3.05, 3.63) is 123 Å². The molecule has 2 N–H and O–H groups in total. The minimum Gasteiger partial charge on any atom is -0.481 e. The van der Waals surface area contributed by atoms with Gasteiger partial charge in [0.2, 0.25) is 0 Å². The highest BCUT2D eigenvalue weighted by molar-refractivity contribution is 6.42. The zero-order chi connectivity index (χ0) is 27.9. The van der Waals surface area contributed by atoms with Crippen LogP contribution in [0.1, 0.15) is 38.3 Å². The van der Waals surface area contributed by atoms with E-state index in [2.05, 4.69) is 5.32 Å². The van der Waals surface area contributed by atoms with Crippen LogP contribution in [-0.4, -0.2) is 22.8 Å². The Labute approximate surface area is 234 Å². The number of ketones is 1. The van der Waals surface area contributed by atoms with Gasteiger partial charge in [0.05, 0.1) is 16.5 Å². The first-order valence-electron chi connectivity index (χ1n) is 11.8. The summed E-state index contributed by atoms with van der Waals surface area (Å²) in [6.45, 7) is 0. The Morgan fingerprint density at radius 1 is 0.821 bits per heavy atom. The maximum absolute atomic E-state index is 13.2. The van der Waals surface area contributed by atoms with E-state index in [1.54, 1.807) is 54.6 Å². The molecule has 0 aromatic heterocycles. The Bertz CT molecular complexity index is 1520. The van der Waals surface area contributed by atoms with Crippen LogP contribution in [0.2, 0.25) is 10.0 Å². The number of rotatable bonds is 10. The number of carbonyl (C=O) groups excluding carboxylic acids is 2. The summed E-state index contributed by atoms with van der Waals surface area (Å²) in [6, 6.07) is 21.6. The van der Waals surface area contributed by atoms with Crippen LogP contribution in [0.25, 0.3) is 0 Å². The Kier molecular flexibility index (Phi) is 8.96. The molecule has 0 saturated heterocycles. The molecule has 0 spiro atoms. The Hall–Kier alpha value is -4.20. The molecule has 0 aliphatic carbocycles. The fourth-order valence-electron chi connectivity index (χ4n) is 3.81. The van der Waals surface area contributed by atoms with Gasteiger partial charge in [-0.3, -0.25) is 14.4 Å². The number of benzene rings is 4. The Morgan fingerprint density at radius 3 is 2.18 bits per heavy atom. The van der Waals surface area contributed by atoms with Crippen molar-refractivity contribution in [2.45, 2.75) is 19.3 Å². The van der Waals surface area contributed by atoms with Crippen LogP contribution in [0.5, 0.6) is 11.5 Å². The summed E-state index contributed by atoms with van der Waals surface area (Å²) in [5.41, 5.74) is 2.49. The summed E-state index contributed by atoms with van der Waals surface area (Å²) in [6.07, 6.45) is 0.238. The number of Topliss-reactive ketones (excluding diaryl/α,β-unsaturated/α-hetero) is 1. The van der Waals surface area contributed by atoms with Gasteiger partial charge >= 0.3 is 5.97 Å². The molecule has 0 heterocycles. The molecule has 0 saturated carbocycles. The first kappa shape index (κ1) is 27.8. The summed E-state index contributed by atoms with van der Waals surface area (Å²) in [5.74, 6) is -1.00. The van der Waals surface area contributed by atoms with E-state index >= 15 is 0 Å². The number of nitrogens with one attached hydrogen (secondary N) is 1. The molecule has 6 nitrogen and oxygen atoms in total. The van der Waals surface area contributed by atoms with Crippen molar-refractivity contribution in [1.82, 2.24) is 0 Å². The molecule has 4 aromatic rings. The zero-order valence-electron chi connectivity index (χ0n) is 20.4. The fourth-order valence-corrected chi connectivity index (χ4v) is 4.11. The average molecular weight is 566 g/mol. The second kappa shape index (κ2) is 12.6. The summed E-state index contributed by atoms with van der Waals surface area (Å²) in [7, 11) is 0. The molecule has 0 radical (unpaired) electrons. The van der Waals surface area contributed by atoms with E-state index in [1.165, 1.54) is 30.3 Å². The number of amides is 1. The topological polar surface area (TPSA) is 92.7 Å². The van der Waals surface area contributed by atoms with Gasteiger partial charge in [-0.1, -0.05) is 35.3 Å². The number of carboxylic acids is 1. The van der Waals surface area contributed by atoms with Gasteiger partial charge < -0.3 is 15.2 Å². The molecule has 0 fully saturated rings. The average Bonchev–Trinajstić information content (AvgIpc) is 2.91. The molecule has 0 unspecified atom stereocenters. The van der Waals surface area contributed by atoms with Gasteiger partial charge in [0, 0.05) is 23.2 Å². The lowest BCUT2D eigenvalue weighted by molar-refractivity contribution is -0.136. The molecule has 198 valence electrons. The molecule has 4 aromatic carbocycles. The number of halogens is 3. The van der Waals surface area contributed by atoms with E-state index in [4.69, 9.17) is 27.9 Å². The lowest BCUT2D eigenvalue weighted by Gasteiger charge is -2.13. The van der Waals surface area contributed by atoms with Crippen LogP contribution < -0.4 is 10.1 Å². The molecule has 39 heavy (non-hydrogen) atoms. The summed E-state index contributed by atoms with van der Waals surface area (Å²) in [5, 5.41) is 12.6. The maximum Gasteiger partial charge on any atom is 0.307 e. The third kappa shape index (κ3) is 7.66. The van der Waals surface area contributed by atoms with Gasteiger partial charge in [-0.15, -0.1) is 0 Å². The first-order chi connectivity index (χ1) is 18.7. The van der Waals surface area contributed by atoms with Crippen LogP contribution in [-0.2, 0) is 17.6 Å². The first-order valence-corrected chi connectivity index (χ1v) is 12.6. The highest BCUT2D eigenvalue weighted by Gasteiger charge is 2.13. The second-order valence-corrected chi connectivity index (χ2v) is 9.47. The van der Waals surface area contributed by atoms with E-state index < -0.39 is 11.8 Å². The highest BCUT2D eigenvalue weighted by Crippen LogP contribution is 2.29. The van der Waals surface area contributed by atoms with Crippen molar-refractivity contribution in [3.63, 3.8) is 0 Å². The molecule has 1 amide bonds. The van der Waals surface area contributed by atoms with Crippen LogP contribution in [0.4, 0.5) is 10.1 Å². The predicted molar refractivity (Wildman–Crippen MR) is 148 cm³/mol. The highest BCUT2D eigenvalue weighted by atomic mass is 35.5. The minimum absolute atomic E-state index is 0.123. The van der Waals surface area contributed by atoms with E-state index in [0.717, 1.165) is 0 Å². The molecular formula is C30H22Cl2FNO5.